The van der Waals surface area contributed by atoms with Gasteiger partial charge in [0.05, 0.1) is 19.8 Å². The third-order valence-corrected chi connectivity index (χ3v) is 6.05. The van der Waals surface area contributed by atoms with Crippen molar-refractivity contribution in [2.75, 3.05) is 39.5 Å². The molecule has 0 saturated carbocycles. The van der Waals surface area contributed by atoms with Crippen LogP contribution in [0.3, 0.4) is 0 Å². The van der Waals surface area contributed by atoms with E-state index in [0.29, 0.717) is 55.7 Å². The predicted octanol–water partition coefficient (Wildman–Crippen LogP) is 4.66. The van der Waals surface area contributed by atoms with E-state index in [1.54, 1.807) is 12.1 Å². The Morgan fingerprint density at radius 2 is 1.42 bits per heavy atom. The second-order valence-corrected chi connectivity index (χ2v) is 8.48. The summed E-state index contributed by atoms with van der Waals surface area (Å²) in [4.78, 5) is 18.0. The first-order chi connectivity index (χ1) is 16.0. The molecular weight excluding hydrogens is 416 g/mol. The van der Waals surface area contributed by atoms with Crippen LogP contribution in [0.2, 0.25) is 0 Å². The molecule has 0 N–H and O–H groups in total. The minimum absolute atomic E-state index is 0.00126. The summed E-state index contributed by atoms with van der Waals surface area (Å²) >= 11 is 0. The van der Waals surface area contributed by atoms with Gasteiger partial charge in [0.1, 0.15) is 0 Å². The minimum atomic E-state index is 0.00126. The van der Waals surface area contributed by atoms with Crippen LogP contribution < -0.4 is 14.2 Å². The monoisotopic (exact) mass is 454 g/mol. The Bertz CT molecular complexity index is 863. The molecule has 1 fully saturated rings. The van der Waals surface area contributed by atoms with Crippen LogP contribution in [-0.4, -0.2) is 67.2 Å². The van der Waals surface area contributed by atoms with Gasteiger partial charge in [-0.25, -0.2) is 0 Å². The van der Waals surface area contributed by atoms with Gasteiger partial charge in [-0.05, 0) is 58.7 Å². The number of carbonyl (C=O) groups excluding carboxylic acids is 1. The minimum Gasteiger partial charge on any atom is -0.490 e. The fourth-order valence-corrected chi connectivity index (χ4v) is 4.56. The van der Waals surface area contributed by atoms with E-state index in [1.165, 1.54) is 5.56 Å². The molecule has 6 nitrogen and oxygen atoms in total. The number of nitrogens with zero attached hydrogens (tertiary/aromatic N) is 2. The molecule has 0 radical (unpaired) electrons. The van der Waals surface area contributed by atoms with Crippen molar-refractivity contribution in [3.63, 3.8) is 0 Å². The zero-order valence-corrected chi connectivity index (χ0v) is 20.7. The average Bonchev–Trinajstić information content (AvgIpc) is 2.81. The van der Waals surface area contributed by atoms with Crippen LogP contribution in [0.25, 0.3) is 0 Å². The SMILES string of the molecule is CCOc1cc(C(=O)N2CC(C)N(CCc3ccccc3)C(C)C2)cc(OCC)c1OCC. The fraction of sp³-hybridized carbons (Fsp3) is 0.519. The van der Waals surface area contributed by atoms with Crippen molar-refractivity contribution in [1.82, 2.24) is 9.80 Å². The first-order valence-electron chi connectivity index (χ1n) is 12.1. The van der Waals surface area contributed by atoms with Crippen molar-refractivity contribution in [3.8, 4) is 17.2 Å². The number of hydrogen-bond donors (Lipinski definition) is 0. The summed E-state index contributed by atoms with van der Waals surface area (Å²) in [6.45, 7) is 14.0. The maximum atomic E-state index is 13.5. The Balaban J connectivity index is 1.75. The first kappa shape index (κ1) is 24.9. The summed E-state index contributed by atoms with van der Waals surface area (Å²) in [7, 11) is 0. The van der Waals surface area contributed by atoms with Crippen molar-refractivity contribution in [3.05, 3.63) is 53.6 Å². The highest BCUT2D eigenvalue weighted by atomic mass is 16.5. The molecule has 0 aromatic heterocycles. The third-order valence-electron chi connectivity index (χ3n) is 6.05. The topological polar surface area (TPSA) is 51.2 Å². The van der Waals surface area contributed by atoms with E-state index in [4.69, 9.17) is 14.2 Å². The Morgan fingerprint density at radius 1 is 0.879 bits per heavy atom. The molecule has 2 aromatic rings. The van der Waals surface area contributed by atoms with Crippen molar-refractivity contribution in [2.45, 2.75) is 53.1 Å². The summed E-state index contributed by atoms with van der Waals surface area (Å²) in [6.07, 6.45) is 1.01. The largest absolute Gasteiger partial charge is 0.490 e. The van der Waals surface area contributed by atoms with E-state index in [0.717, 1.165) is 13.0 Å². The molecule has 6 heteroatoms. The third kappa shape index (κ3) is 6.20. The van der Waals surface area contributed by atoms with Crippen molar-refractivity contribution in [1.29, 1.82) is 0 Å². The molecule has 2 atom stereocenters. The van der Waals surface area contributed by atoms with Crippen LogP contribution in [0.4, 0.5) is 0 Å². The number of carbonyl (C=O) groups is 1. The molecule has 2 unspecified atom stereocenters. The van der Waals surface area contributed by atoms with Gasteiger partial charge in [0.2, 0.25) is 5.75 Å². The molecule has 0 aliphatic carbocycles. The maximum Gasteiger partial charge on any atom is 0.254 e. The highest BCUT2D eigenvalue weighted by molar-refractivity contribution is 5.95. The molecule has 0 bridgehead atoms. The summed E-state index contributed by atoms with van der Waals surface area (Å²) in [5, 5.41) is 0. The quantitative estimate of drug-likeness (QED) is 0.523. The molecule has 1 saturated heterocycles. The number of ether oxygens (including phenoxy) is 3. The smallest absolute Gasteiger partial charge is 0.254 e. The van der Waals surface area contributed by atoms with Gasteiger partial charge in [0.15, 0.2) is 11.5 Å². The zero-order chi connectivity index (χ0) is 23.8. The lowest BCUT2D eigenvalue weighted by Gasteiger charge is -2.44. The summed E-state index contributed by atoms with van der Waals surface area (Å²) < 4.78 is 17.4. The Labute approximate surface area is 198 Å². The Kier molecular flexibility index (Phi) is 9.01. The van der Waals surface area contributed by atoms with Crippen molar-refractivity contribution in [2.24, 2.45) is 0 Å². The van der Waals surface area contributed by atoms with Gasteiger partial charge in [-0.2, -0.15) is 0 Å². The van der Waals surface area contributed by atoms with Crippen LogP contribution in [0.1, 0.15) is 50.5 Å². The molecular formula is C27H38N2O4. The van der Waals surface area contributed by atoms with E-state index >= 15 is 0 Å². The lowest BCUT2D eigenvalue weighted by molar-refractivity contribution is 0.0311. The Morgan fingerprint density at radius 3 is 1.94 bits per heavy atom. The molecule has 1 aliphatic heterocycles. The van der Waals surface area contributed by atoms with Gasteiger partial charge in [0.25, 0.3) is 5.91 Å². The standard InChI is InChI=1S/C27H38N2O4/c1-6-31-24-16-23(17-25(32-7-2)26(24)33-8-3)27(30)28-18-20(4)29(21(5)19-28)15-14-22-12-10-9-11-13-22/h9-13,16-17,20-21H,6-8,14-15,18-19H2,1-5H3. The lowest BCUT2D eigenvalue weighted by atomic mass is 10.0. The highest BCUT2D eigenvalue weighted by Crippen LogP contribution is 2.39. The molecule has 180 valence electrons. The van der Waals surface area contributed by atoms with Gasteiger partial charge >= 0.3 is 0 Å². The van der Waals surface area contributed by atoms with E-state index in [-0.39, 0.29) is 18.0 Å². The number of benzene rings is 2. The van der Waals surface area contributed by atoms with Crippen LogP contribution in [0.15, 0.2) is 42.5 Å². The first-order valence-corrected chi connectivity index (χ1v) is 12.1. The van der Waals surface area contributed by atoms with E-state index in [2.05, 4.69) is 43.0 Å². The van der Waals surface area contributed by atoms with E-state index in [9.17, 15) is 4.79 Å². The van der Waals surface area contributed by atoms with Crippen LogP contribution in [0.5, 0.6) is 17.2 Å². The zero-order valence-electron chi connectivity index (χ0n) is 20.7. The normalized spacial score (nSPS) is 18.8. The van der Waals surface area contributed by atoms with Crippen LogP contribution in [0, 0.1) is 0 Å². The van der Waals surface area contributed by atoms with Crippen LogP contribution >= 0.6 is 0 Å². The summed E-state index contributed by atoms with van der Waals surface area (Å²) in [6, 6.07) is 14.7. The summed E-state index contributed by atoms with van der Waals surface area (Å²) in [5.41, 5.74) is 1.92. The van der Waals surface area contributed by atoms with E-state index < -0.39 is 0 Å². The van der Waals surface area contributed by atoms with E-state index in [1.807, 2.05) is 31.7 Å². The molecule has 3 rings (SSSR count). The number of rotatable bonds is 10. The maximum absolute atomic E-state index is 13.5. The van der Waals surface area contributed by atoms with Crippen molar-refractivity contribution >= 4 is 5.91 Å². The van der Waals surface area contributed by atoms with Crippen molar-refractivity contribution < 1.29 is 19.0 Å². The fourth-order valence-electron chi connectivity index (χ4n) is 4.56. The van der Waals surface area contributed by atoms with Gasteiger partial charge in [-0.1, -0.05) is 30.3 Å². The molecule has 1 amide bonds. The van der Waals surface area contributed by atoms with Gasteiger partial charge in [-0.3, -0.25) is 9.69 Å². The summed E-state index contributed by atoms with van der Waals surface area (Å²) in [5.74, 6) is 1.67. The molecule has 33 heavy (non-hydrogen) atoms. The average molecular weight is 455 g/mol. The van der Waals surface area contributed by atoms with Gasteiger partial charge in [-0.15, -0.1) is 0 Å². The second kappa shape index (κ2) is 11.9. The molecule has 2 aromatic carbocycles. The number of hydrogen-bond acceptors (Lipinski definition) is 5. The van der Waals surface area contributed by atoms with Gasteiger partial charge in [0, 0.05) is 37.3 Å². The second-order valence-electron chi connectivity index (χ2n) is 8.48. The predicted molar refractivity (Wildman–Crippen MR) is 132 cm³/mol. The highest BCUT2D eigenvalue weighted by Gasteiger charge is 2.32. The molecule has 0 spiro atoms. The number of piperazine rings is 1. The molecule has 1 heterocycles. The van der Waals surface area contributed by atoms with Crippen LogP contribution in [-0.2, 0) is 6.42 Å². The number of amides is 1. The van der Waals surface area contributed by atoms with Gasteiger partial charge < -0.3 is 19.1 Å². The molecule has 1 aliphatic rings. The lowest BCUT2D eigenvalue weighted by Crippen LogP contribution is -2.58. The Hall–Kier alpha value is -2.73.